The average Bonchev–Trinajstić information content (AvgIpc) is 3.34. The van der Waals surface area contributed by atoms with Gasteiger partial charge in [0, 0.05) is 12.3 Å². The number of ether oxygens (including phenoxy) is 1. The predicted molar refractivity (Wildman–Crippen MR) is 97.9 cm³/mol. The molecule has 7 nitrogen and oxygen atoms in total. The van der Waals surface area contributed by atoms with Gasteiger partial charge >= 0.3 is 0 Å². The topological polar surface area (TPSA) is 63.0 Å². The van der Waals surface area contributed by atoms with Gasteiger partial charge in [0.1, 0.15) is 23.7 Å². The van der Waals surface area contributed by atoms with Gasteiger partial charge in [-0.15, -0.1) is 0 Å². The summed E-state index contributed by atoms with van der Waals surface area (Å²) in [5.41, 5.74) is -0.472. The smallest absolute Gasteiger partial charge is 0.261 e. The van der Waals surface area contributed by atoms with E-state index >= 15 is 0 Å². The van der Waals surface area contributed by atoms with Gasteiger partial charge in [-0.3, -0.25) is 4.79 Å². The van der Waals surface area contributed by atoms with Gasteiger partial charge in [0.2, 0.25) is 0 Å². The molecule has 6 rings (SSSR count). The van der Waals surface area contributed by atoms with Crippen molar-refractivity contribution in [1.29, 1.82) is 0 Å². The van der Waals surface area contributed by atoms with Crippen LogP contribution in [-0.4, -0.2) is 50.3 Å². The number of aromatic nitrogens is 3. The first-order chi connectivity index (χ1) is 14.4. The summed E-state index contributed by atoms with van der Waals surface area (Å²) in [6.45, 7) is 0.563. The van der Waals surface area contributed by atoms with Crippen LogP contribution in [0.1, 0.15) is 24.4 Å². The van der Waals surface area contributed by atoms with E-state index in [9.17, 15) is 18.0 Å². The van der Waals surface area contributed by atoms with E-state index in [1.807, 2.05) is 4.90 Å². The molecule has 5 heterocycles. The van der Waals surface area contributed by atoms with E-state index in [-0.39, 0.29) is 24.6 Å². The second-order valence-corrected chi connectivity index (χ2v) is 7.96. The molecule has 0 N–H and O–H groups in total. The third-order valence-corrected chi connectivity index (χ3v) is 6.14. The Kier molecular flexibility index (Phi) is 3.51. The highest BCUT2D eigenvalue weighted by atomic mass is 19.1. The molecule has 30 heavy (non-hydrogen) atoms. The summed E-state index contributed by atoms with van der Waals surface area (Å²) in [6, 6.07) is 4.62. The number of amides is 1. The van der Waals surface area contributed by atoms with Gasteiger partial charge in [0.25, 0.3) is 5.91 Å². The summed E-state index contributed by atoms with van der Waals surface area (Å²) in [4.78, 5) is 20.7. The van der Waals surface area contributed by atoms with Crippen LogP contribution in [0, 0.1) is 17.5 Å². The summed E-state index contributed by atoms with van der Waals surface area (Å²) in [7, 11) is 0. The normalized spacial score (nSPS) is 24.7. The Bertz CT molecular complexity index is 1170. The SMILES string of the molecule is O=C1N2C(CCC2c2cc(F)cc(F)c2)OC12CN(c1ccnc3c(F)cnn13)C2. The molecular formula is C20H16F3N5O2. The number of benzene rings is 1. The molecule has 0 radical (unpaired) electrons. The Morgan fingerprint density at radius 1 is 1.10 bits per heavy atom. The molecule has 3 aliphatic heterocycles. The number of nitrogens with zero attached hydrogens (tertiary/aromatic N) is 5. The Morgan fingerprint density at radius 3 is 2.63 bits per heavy atom. The Morgan fingerprint density at radius 2 is 1.87 bits per heavy atom. The van der Waals surface area contributed by atoms with Gasteiger partial charge < -0.3 is 14.5 Å². The number of hydrogen-bond acceptors (Lipinski definition) is 5. The molecule has 1 amide bonds. The van der Waals surface area contributed by atoms with Gasteiger partial charge in [-0.1, -0.05) is 0 Å². The summed E-state index contributed by atoms with van der Waals surface area (Å²) >= 11 is 0. The fraction of sp³-hybridized carbons (Fsp3) is 0.350. The Hall–Kier alpha value is -3.14. The number of hydrogen-bond donors (Lipinski definition) is 0. The first kappa shape index (κ1) is 17.7. The number of carbonyl (C=O) groups is 1. The summed E-state index contributed by atoms with van der Waals surface area (Å²) in [5.74, 6) is -1.43. The van der Waals surface area contributed by atoms with Crippen LogP contribution >= 0.6 is 0 Å². The van der Waals surface area contributed by atoms with Crippen LogP contribution < -0.4 is 4.90 Å². The van der Waals surface area contributed by atoms with Crippen LogP contribution in [0.15, 0.2) is 36.7 Å². The lowest BCUT2D eigenvalue weighted by Gasteiger charge is -2.46. The van der Waals surface area contributed by atoms with Crippen LogP contribution in [0.3, 0.4) is 0 Å². The summed E-state index contributed by atoms with van der Waals surface area (Å²) in [5, 5.41) is 4.01. The van der Waals surface area contributed by atoms with Gasteiger partial charge in [-0.05, 0) is 36.6 Å². The quantitative estimate of drug-likeness (QED) is 0.644. The zero-order valence-electron chi connectivity index (χ0n) is 15.6. The highest BCUT2D eigenvalue weighted by Crippen LogP contribution is 2.48. The molecule has 10 heteroatoms. The molecular weight excluding hydrogens is 399 g/mol. The number of rotatable bonds is 2. The van der Waals surface area contributed by atoms with Crippen molar-refractivity contribution in [1.82, 2.24) is 19.5 Å². The zero-order valence-corrected chi connectivity index (χ0v) is 15.6. The highest BCUT2D eigenvalue weighted by Gasteiger charge is 2.63. The predicted octanol–water partition coefficient (Wildman–Crippen LogP) is 2.43. The van der Waals surface area contributed by atoms with E-state index in [1.54, 1.807) is 11.0 Å². The van der Waals surface area contributed by atoms with Crippen molar-refractivity contribution in [2.45, 2.75) is 30.7 Å². The number of carbonyl (C=O) groups excluding carboxylic acids is 1. The van der Waals surface area contributed by atoms with Crippen molar-refractivity contribution in [3.8, 4) is 0 Å². The van der Waals surface area contributed by atoms with E-state index in [0.717, 1.165) is 12.3 Å². The van der Waals surface area contributed by atoms with Gasteiger partial charge in [-0.25, -0.2) is 18.2 Å². The fourth-order valence-corrected chi connectivity index (χ4v) is 4.84. The van der Waals surface area contributed by atoms with Crippen LogP contribution in [0.4, 0.5) is 19.0 Å². The summed E-state index contributed by atoms with van der Waals surface area (Å²) < 4.78 is 48.7. The van der Waals surface area contributed by atoms with E-state index in [1.165, 1.54) is 22.8 Å². The molecule has 0 aliphatic carbocycles. The molecule has 154 valence electrons. The minimum Gasteiger partial charge on any atom is -0.349 e. The molecule has 1 aromatic carbocycles. The molecule has 3 aliphatic rings. The second-order valence-electron chi connectivity index (χ2n) is 7.96. The Labute approximate surface area is 168 Å². The molecule has 3 fully saturated rings. The molecule has 0 saturated carbocycles. The highest BCUT2D eigenvalue weighted by molar-refractivity contribution is 5.91. The van der Waals surface area contributed by atoms with Crippen molar-refractivity contribution in [3.63, 3.8) is 0 Å². The second kappa shape index (κ2) is 5.94. The molecule has 2 atom stereocenters. The standard InChI is InChI=1S/C20H16F3N5O2/c21-12-5-11(6-13(22)7-12)15-1-2-17-27(15)19(29)20(30-17)9-26(10-20)16-3-4-24-18-14(23)8-25-28(16)18/h3-8,15,17H,1-2,9-10H2. The fourth-order valence-electron chi connectivity index (χ4n) is 4.84. The minimum atomic E-state index is -1.02. The third-order valence-electron chi connectivity index (χ3n) is 6.14. The maximum Gasteiger partial charge on any atom is 0.261 e. The first-order valence-electron chi connectivity index (χ1n) is 9.65. The van der Waals surface area contributed by atoms with Crippen molar-refractivity contribution in [3.05, 3.63) is 59.7 Å². The third kappa shape index (κ3) is 2.33. The van der Waals surface area contributed by atoms with Crippen molar-refractivity contribution < 1.29 is 22.7 Å². The van der Waals surface area contributed by atoms with E-state index in [2.05, 4.69) is 10.1 Å². The lowest BCUT2D eigenvalue weighted by atomic mass is 9.92. The van der Waals surface area contributed by atoms with E-state index in [4.69, 9.17) is 4.74 Å². The zero-order chi connectivity index (χ0) is 20.6. The monoisotopic (exact) mass is 415 g/mol. The van der Waals surface area contributed by atoms with Crippen LogP contribution in [0.5, 0.6) is 0 Å². The largest absolute Gasteiger partial charge is 0.349 e. The molecule has 3 saturated heterocycles. The number of anilines is 1. The Balaban J connectivity index is 1.27. The lowest BCUT2D eigenvalue weighted by molar-refractivity contribution is -0.140. The van der Waals surface area contributed by atoms with Crippen LogP contribution in [0.25, 0.3) is 5.65 Å². The van der Waals surface area contributed by atoms with Crippen molar-refractivity contribution in [2.75, 3.05) is 18.0 Å². The average molecular weight is 415 g/mol. The molecule has 0 bridgehead atoms. The maximum atomic E-state index is 13.8. The van der Waals surface area contributed by atoms with Crippen molar-refractivity contribution in [2.24, 2.45) is 0 Å². The first-order valence-corrected chi connectivity index (χ1v) is 9.65. The van der Waals surface area contributed by atoms with Crippen LogP contribution in [0.2, 0.25) is 0 Å². The molecule has 2 unspecified atom stereocenters. The summed E-state index contributed by atoms with van der Waals surface area (Å²) in [6.07, 6.45) is 3.34. The maximum absolute atomic E-state index is 13.8. The minimum absolute atomic E-state index is 0.112. The van der Waals surface area contributed by atoms with Gasteiger partial charge in [0.15, 0.2) is 17.1 Å². The molecule has 3 aromatic rings. The number of halogens is 3. The van der Waals surface area contributed by atoms with Gasteiger partial charge in [0.05, 0.1) is 25.3 Å². The number of fused-ring (bicyclic) bond motifs is 2. The van der Waals surface area contributed by atoms with Crippen LogP contribution in [-0.2, 0) is 9.53 Å². The van der Waals surface area contributed by atoms with Gasteiger partial charge in [-0.2, -0.15) is 9.61 Å². The van der Waals surface area contributed by atoms with E-state index < -0.39 is 35.3 Å². The molecule has 1 spiro atoms. The van der Waals surface area contributed by atoms with E-state index in [0.29, 0.717) is 24.2 Å². The lowest BCUT2D eigenvalue weighted by Crippen LogP contribution is -2.67. The molecule has 2 aromatic heterocycles. The van der Waals surface area contributed by atoms with Crippen molar-refractivity contribution >= 4 is 17.4 Å².